The van der Waals surface area contributed by atoms with Gasteiger partial charge in [-0.05, 0) is 75.8 Å². The molecule has 3 nitrogen and oxygen atoms in total. The zero-order valence-electron chi connectivity index (χ0n) is 13.3. The number of piperidine rings is 2. The van der Waals surface area contributed by atoms with Gasteiger partial charge in [-0.1, -0.05) is 18.2 Å². The predicted molar refractivity (Wildman–Crippen MR) is 89.8 cm³/mol. The van der Waals surface area contributed by atoms with E-state index in [0.29, 0.717) is 0 Å². The molecule has 0 atom stereocenters. The highest BCUT2D eigenvalue weighted by Gasteiger charge is 2.27. The first-order chi connectivity index (χ1) is 10.9. The highest BCUT2D eigenvalue weighted by molar-refractivity contribution is 5.77. The van der Waals surface area contributed by atoms with Gasteiger partial charge in [-0.2, -0.15) is 0 Å². The number of nitrogens with zero attached hydrogens (tertiary/aromatic N) is 1. The van der Waals surface area contributed by atoms with E-state index in [0.717, 1.165) is 29.7 Å². The van der Waals surface area contributed by atoms with Gasteiger partial charge in [-0.3, -0.25) is 4.90 Å². The Bertz CT molecular complexity index is 574. The van der Waals surface area contributed by atoms with Gasteiger partial charge in [0.15, 0.2) is 0 Å². The molecule has 0 amide bonds. The third kappa shape index (κ3) is 3.06. The van der Waals surface area contributed by atoms with Crippen molar-refractivity contribution < 1.29 is 4.42 Å². The highest BCUT2D eigenvalue weighted by atomic mass is 16.3. The minimum atomic E-state index is 0.953. The van der Waals surface area contributed by atoms with Crippen molar-refractivity contribution in [3.8, 4) is 0 Å². The fourth-order valence-electron chi connectivity index (χ4n) is 4.23. The predicted octanol–water partition coefficient (Wildman–Crippen LogP) is 3.64. The summed E-state index contributed by atoms with van der Waals surface area (Å²) in [5, 5.41) is 4.71. The molecule has 3 heterocycles. The van der Waals surface area contributed by atoms with Crippen LogP contribution in [-0.2, 0) is 6.54 Å². The molecule has 2 fully saturated rings. The minimum Gasteiger partial charge on any atom is -0.460 e. The van der Waals surface area contributed by atoms with Crippen molar-refractivity contribution in [3.05, 3.63) is 36.1 Å². The lowest BCUT2D eigenvalue weighted by atomic mass is 9.79. The van der Waals surface area contributed by atoms with Crippen molar-refractivity contribution in [2.45, 2.75) is 32.2 Å². The fraction of sp³-hybridized carbons (Fsp3) is 0.579. The number of likely N-dealkylation sites (tertiary alicyclic amines) is 1. The van der Waals surface area contributed by atoms with Crippen LogP contribution >= 0.6 is 0 Å². The summed E-state index contributed by atoms with van der Waals surface area (Å²) in [6.07, 6.45) is 5.50. The molecule has 1 aromatic carbocycles. The number of para-hydroxylation sites is 1. The van der Waals surface area contributed by atoms with Crippen molar-refractivity contribution in [1.82, 2.24) is 10.2 Å². The Hall–Kier alpha value is -1.32. The number of rotatable bonds is 3. The van der Waals surface area contributed by atoms with Crippen LogP contribution in [0.15, 0.2) is 34.7 Å². The van der Waals surface area contributed by atoms with Gasteiger partial charge < -0.3 is 9.73 Å². The number of benzene rings is 1. The molecule has 22 heavy (non-hydrogen) atoms. The van der Waals surface area contributed by atoms with E-state index >= 15 is 0 Å². The second kappa shape index (κ2) is 6.43. The van der Waals surface area contributed by atoms with Gasteiger partial charge in [-0.15, -0.1) is 0 Å². The van der Waals surface area contributed by atoms with E-state index in [2.05, 4.69) is 34.5 Å². The number of furan rings is 1. The summed E-state index contributed by atoms with van der Waals surface area (Å²) in [5.74, 6) is 3.03. The van der Waals surface area contributed by atoms with E-state index in [1.165, 1.54) is 57.2 Å². The number of nitrogens with one attached hydrogen (secondary N) is 1. The van der Waals surface area contributed by atoms with Crippen molar-refractivity contribution in [3.63, 3.8) is 0 Å². The van der Waals surface area contributed by atoms with E-state index in [4.69, 9.17) is 4.42 Å². The Labute approximate surface area is 132 Å². The standard InChI is InChI=1S/C19H26N2O/c1-2-4-19-17(3-1)13-18(22-19)14-21-11-7-16(8-12-21)15-5-9-20-10-6-15/h1-4,13,15-16,20H,5-12,14H2. The van der Waals surface area contributed by atoms with Gasteiger partial charge >= 0.3 is 0 Å². The van der Waals surface area contributed by atoms with Crippen LogP contribution < -0.4 is 5.32 Å². The molecule has 3 heteroatoms. The minimum absolute atomic E-state index is 0.953. The molecular weight excluding hydrogens is 272 g/mol. The Balaban J connectivity index is 1.33. The average molecular weight is 298 g/mol. The van der Waals surface area contributed by atoms with Crippen molar-refractivity contribution in [2.24, 2.45) is 11.8 Å². The normalized spacial score (nSPS) is 22.4. The Morgan fingerprint density at radius 1 is 1.00 bits per heavy atom. The average Bonchev–Trinajstić information content (AvgIpc) is 2.98. The van der Waals surface area contributed by atoms with Crippen LogP contribution in [0.25, 0.3) is 11.0 Å². The maximum absolute atomic E-state index is 5.96. The van der Waals surface area contributed by atoms with Gasteiger partial charge in [0.1, 0.15) is 11.3 Å². The Morgan fingerprint density at radius 2 is 1.73 bits per heavy atom. The number of hydrogen-bond donors (Lipinski definition) is 1. The first-order valence-electron chi connectivity index (χ1n) is 8.79. The first-order valence-corrected chi connectivity index (χ1v) is 8.79. The molecule has 2 saturated heterocycles. The smallest absolute Gasteiger partial charge is 0.134 e. The molecule has 118 valence electrons. The second-order valence-electron chi connectivity index (χ2n) is 6.95. The van der Waals surface area contributed by atoms with Crippen LogP contribution in [0.1, 0.15) is 31.4 Å². The molecule has 0 saturated carbocycles. The monoisotopic (exact) mass is 298 g/mol. The first kappa shape index (κ1) is 14.3. The molecule has 0 bridgehead atoms. The molecule has 2 aliphatic rings. The highest BCUT2D eigenvalue weighted by Crippen LogP contribution is 2.31. The van der Waals surface area contributed by atoms with Crippen LogP contribution in [0, 0.1) is 11.8 Å². The van der Waals surface area contributed by atoms with Crippen molar-refractivity contribution in [1.29, 1.82) is 0 Å². The third-order valence-corrected chi connectivity index (χ3v) is 5.54. The lowest BCUT2D eigenvalue weighted by Gasteiger charge is -2.37. The van der Waals surface area contributed by atoms with E-state index in [-0.39, 0.29) is 0 Å². The molecule has 0 aliphatic carbocycles. The number of hydrogen-bond acceptors (Lipinski definition) is 3. The molecular formula is C19H26N2O. The summed E-state index contributed by atoms with van der Waals surface area (Å²) >= 11 is 0. The summed E-state index contributed by atoms with van der Waals surface area (Å²) in [6.45, 7) is 5.87. The summed E-state index contributed by atoms with van der Waals surface area (Å²) in [6, 6.07) is 10.5. The quantitative estimate of drug-likeness (QED) is 0.937. The van der Waals surface area contributed by atoms with Gasteiger partial charge in [0.05, 0.1) is 6.54 Å². The summed E-state index contributed by atoms with van der Waals surface area (Å²) < 4.78 is 5.96. The molecule has 4 rings (SSSR count). The molecule has 0 unspecified atom stereocenters. The zero-order valence-corrected chi connectivity index (χ0v) is 13.3. The summed E-state index contributed by atoms with van der Waals surface area (Å²) in [7, 11) is 0. The molecule has 1 N–H and O–H groups in total. The van der Waals surface area contributed by atoms with Crippen LogP contribution in [0.3, 0.4) is 0 Å². The zero-order chi connectivity index (χ0) is 14.8. The molecule has 1 aromatic heterocycles. The van der Waals surface area contributed by atoms with Crippen LogP contribution in [0.4, 0.5) is 0 Å². The lowest BCUT2D eigenvalue weighted by molar-refractivity contribution is 0.121. The SMILES string of the molecule is c1ccc2oc(CN3CCC(C4CCNCC4)CC3)cc2c1. The van der Waals surface area contributed by atoms with Gasteiger partial charge in [0.25, 0.3) is 0 Å². The summed E-state index contributed by atoms with van der Waals surface area (Å²) in [5.41, 5.74) is 1.02. The summed E-state index contributed by atoms with van der Waals surface area (Å²) in [4.78, 5) is 2.56. The molecule has 0 spiro atoms. The second-order valence-corrected chi connectivity index (χ2v) is 6.95. The van der Waals surface area contributed by atoms with Crippen molar-refractivity contribution >= 4 is 11.0 Å². The van der Waals surface area contributed by atoms with Crippen LogP contribution in [-0.4, -0.2) is 31.1 Å². The van der Waals surface area contributed by atoms with Gasteiger partial charge in [-0.25, -0.2) is 0 Å². The molecule has 0 radical (unpaired) electrons. The van der Waals surface area contributed by atoms with Gasteiger partial charge in [0.2, 0.25) is 0 Å². The topological polar surface area (TPSA) is 28.4 Å². The van der Waals surface area contributed by atoms with Gasteiger partial charge in [0, 0.05) is 5.39 Å². The molecule has 2 aromatic rings. The Kier molecular flexibility index (Phi) is 4.17. The maximum atomic E-state index is 5.96. The van der Waals surface area contributed by atoms with E-state index in [1.54, 1.807) is 0 Å². The number of fused-ring (bicyclic) bond motifs is 1. The fourth-order valence-corrected chi connectivity index (χ4v) is 4.23. The van der Waals surface area contributed by atoms with E-state index < -0.39 is 0 Å². The largest absolute Gasteiger partial charge is 0.460 e. The maximum Gasteiger partial charge on any atom is 0.134 e. The van der Waals surface area contributed by atoms with Crippen LogP contribution in [0.2, 0.25) is 0 Å². The van der Waals surface area contributed by atoms with E-state index in [1.807, 2.05) is 6.07 Å². The molecule has 2 aliphatic heterocycles. The van der Waals surface area contributed by atoms with Crippen molar-refractivity contribution in [2.75, 3.05) is 26.2 Å². The lowest BCUT2D eigenvalue weighted by Crippen LogP contribution is -2.39. The Morgan fingerprint density at radius 3 is 2.50 bits per heavy atom. The van der Waals surface area contributed by atoms with Crippen LogP contribution in [0.5, 0.6) is 0 Å². The third-order valence-electron chi connectivity index (χ3n) is 5.54. The van der Waals surface area contributed by atoms with E-state index in [9.17, 15) is 0 Å².